The Morgan fingerprint density at radius 1 is 1.47 bits per heavy atom. The lowest BCUT2D eigenvalue weighted by atomic mass is 10.0. The fourth-order valence-electron chi connectivity index (χ4n) is 2.53. The number of aliphatic hydroxyl groups is 1. The molecule has 0 amide bonds. The number of aliphatic hydroxyl groups excluding tert-OH is 1. The smallest absolute Gasteiger partial charge is 0.177 e. The van der Waals surface area contributed by atoms with Crippen LogP contribution >= 0.6 is 0 Å². The summed E-state index contributed by atoms with van der Waals surface area (Å²) in [4.78, 5) is 2.21. The summed E-state index contributed by atoms with van der Waals surface area (Å²) in [5.74, 6) is 0.210. The Morgan fingerprint density at radius 2 is 2.16 bits per heavy atom. The largest absolute Gasteiger partial charge is 0.396 e. The van der Waals surface area contributed by atoms with E-state index in [1.165, 1.54) is 6.07 Å². The van der Waals surface area contributed by atoms with Crippen LogP contribution in [0.25, 0.3) is 0 Å². The van der Waals surface area contributed by atoms with Crippen LogP contribution in [0.4, 0.5) is 11.4 Å². The Balaban J connectivity index is 2.33. The van der Waals surface area contributed by atoms with Crippen LogP contribution in [0.15, 0.2) is 23.1 Å². The highest BCUT2D eigenvalue weighted by Gasteiger charge is 2.28. The number of anilines is 2. The maximum Gasteiger partial charge on any atom is 0.177 e. The van der Waals surface area contributed by atoms with Gasteiger partial charge in [-0.25, -0.2) is 8.42 Å². The molecule has 6 heteroatoms. The third-order valence-corrected chi connectivity index (χ3v) is 4.85. The third kappa shape index (κ3) is 2.84. The molecular weight excluding hydrogens is 264 g/mol. The first-order valence-electron chi connectivity index (χ1n) is 6.32. The molecule has 0 bridgehead atoms. The van der Waals surface area contributed by atoms with Gasteiger partial charge in [0.15, 0.2) is 9.84 Å². The second kappa shape index (κ2) is 5.02. The molecule has 3 N–H and O–H groups in total. The van der Waals surface area contributed by atoms with Gasteiger partial charge < -0.3 is 15.7 Å². The second-order valence-corrected chi connectivity index (χ2v) is 7.18. The topological polar surface area (TPSA) is 83.6 Å². The molecule has 0 radical (unpaired) electrons. The summed E-state index contributed by atoms with van der Waals surface area (Å²) in [6.07, 6.45) is 1.69. The average Bonchev–Trinajstić information content (AvgIpc) is 2.77. The maximum absolute atomic E-state index is 11.7. The van der Waals surface area contributed by atoms with Crippen molar-refractivity contribution >= 4 is 21.2 Å². The minimum absolute atomic E-state index is 0.172. The molecule has 106 valence electrons. The van der Waals surface area contributed by atoms with E-state index in [2.05, 4.69) is 0 Å². The van der Waals surface area contributed by atoms with Gasteiger partial charge in [0.1, 0.15) is 0 Å². The van der Waals surface area contributed by atoms with Crippen LogP contribution in [0.3, 0.4) is 0 Å². The molecule has 1 aromatic carbocycles. The molecule has 5 nitrogen and oxygen atoms in total. The highest BCUT2D eigenvalue weighted by atomic mass is 32.2. The molecule has 0 spiro atoms. The van der Waals surface area contributed by atoms with E-state index < -0.39 is 9.84 Å². The van der Waals surface area contributed by atoms with Gasteiger partial charge >= 0.3 is 0 Å². The zero-order valence-corrected chi connectivity index (χ0v) is 12.0. The molecule has 0 aromatic heterocycles. The molecule has 1 aromatic rings. The molecule has 19 heavy (non-hydrogen) atoms. The number of hydrogen-bond acceptors (Lipinski definition) is 5. The molecule has 1 aliphatic heterocycles. The van der Waals surface area contributed by atoms with Gasteiger partial charge in [0.05, 0.1) is 22.4 Å². The molecule has 2 atom stereocenters. The number of nitrogen functional groups attached to an aromatic ring is 1. The molecular formula is C13H20N2O3S. The summed E-state index contributed by atoms with van der Waals surface area (Å²) >= 11 is 0. The third-order valence-electron chi connectivity index (χ3n) is 3.69. The Labute approximate surface area is 113 Å². The van der Waals surface area contributed by atoms with E-state index in [1.807, 2.05) is 11.0 Å². The van der Waals surface area contributed by atoms with E-state index in [4.69, 9.17) is 5.73 Å². The zero-order chi connectivity index (χ0) is 14.2. The van der Waals surface area contributed by atoms with Crippen LogP contribution in [0.1, 0.15) is 13.3 Å². The lowest BCUT2D eigenvalue weighted by Gasteiger charge is -2.22. The minimum atomic E-state index is -3.32. The van der Waals surface area contributed by atoms with E-state index in [-0.39, 0.29) is 16.9 Å². The van der Waals surface area contributed by atoms with Gasteiger partial charge in [-0.15, -0.1) is 0 Å². The molecule has 0 aliphatic carbocycles. The van der Waals surface area contributed by atoms with E-state index in [9.17, 15) is 13.5 Å². The Bertz CT molecular complexity index is 569. The molecule has 0 saturated carbocycles. The molecule has 1 aliphatic rings. The van der Waals surface area contributed by atoms with Crippen LogP contribution in [-0.2, 0) is 9.84 Å². The highest BCUT2D eigenvalue weighted by Crippen LogP contribution is 2.33. The fourth-order valence-corrected chi connectivity index (χ4v) is 3.36. The molecule has 2 unspecified atom stereocenters. The SMILES string of the molecule is CC(O)C1CCN(c2cccc(S(C)(=O)=O)c2N)C1. The number of para-hydroxylation sites is 1. The van der Waals surface area contributed by atoms with Gasteiger partial charge in [-0.05, 0) is 25.5 Å². The summed E-state index contributed by atoms with van der Waals surface area (Å²) in [5, 5.41) is 9.62. The summed E-state index contributed by atoms with van der Waals surface area (Å²) < 4.78 is 23.3. The monoisotopic (exact) mass is 284 g/mol. The molecule has 2 rings (SSSR count). The Kier molecular flexibility index (Phi) is 3.73. The van der Waals surface area contributed by atoms with E-state index >= 15 is 0 Å². The van der Waals surface area contributed by atoms with Crippen LogP contribution in [0.5, 0.6) is 0 Å². The van der Waals surface area contributed by atoms with Crippen molar-refractivity contribution in [2.24, 2.45) is 5.92 Å². The Hall–Kier alpha value is -1.27. The van der Waals surface area contributed by atoms with E-state index in [0.29, 0.717) is 12.2 Å². The summed E-state index contributed by atoms with van der Waals surface area (Å²) in [6.45, 7) is 3.27. The van der Waals surface area contributed by atoms with Crippen molar-refractivity contribution in [1.82, 2.24) is 0 Å². The summed E-state index contributed by atoms with van der Waals surface area (Å²) in [6, 6.07) is 5.06. The normalized spacial score (nSPS) is 21.6. The molecule has 1 heterocycles. The first-order chi connectivity index (χ1) is 8.80. The summed E-state index contributed by atoms with van der Waals surface area (Å²) in [5.41, 5.74) is 7.03. The predicted octanol–water partition coefficient (Wildman–Crippen LogP) is 0.879. The number of sulfone groups is 1. The first-order valence-corrected chi connectivity index (χ1v) is 8.21. The van der Waals surface area contributed by atoms with Crippen LogP contribution < -0.4 is 10.6 Å². The predicted molar refractivity (Wildman–Crippen MR) is 76.0 cm³/mol. The quantitative estimate of drug-likeness (QED) is 0.805. The maximum atomic E-state index is 11.7. The van der Waals surface area contributed by atoms with E-state index in [0.717, 1.165) is 24.9 Å². The van der Waals surface area contributed by atoms with Gasteiger partial charge in [-0.3, -0.25) is 0 Å². The van der Waals surface area contributed by atoms with Crippen molar-refractivity contribution in [2.75, 3.05) is 30.0 Å². The Morgan fingerprint density at radius 3 is 2.68 bits per heavy atom. The molecule has 1 fully saturated rings. The minimum Gasteiger partial charge on any atom is -0.396 e. The fraction of sp³-hybridized carbons (Fsp3) is 0.538. The van der Waals surface area contributed by atoms with Crippen LogP contribution in [0, 0.1) is 5.92 Å². The van der Waals surface area contributed by atoms with Crippen molar-refractivity contribution < 1.29 is 13.5 Å². The van der Waals surface area contributed by atoms with Crippen LogP contribution in [0.2, 0.25) is 0 Å². The number of nitrogens with zero attached hydrogens (tertiary/aromatic N) is 1. The van der Waals surface area contributed by atoms with Crippen molar-refractivity contribution in [3.8, 4) is 0 Å². The van der Waals surface area contributed by atoms with Gasteiger partial charge in [0.25, 0.3) is 0 Å². The van der Waals surface area contributed by atoms with Gasteiger partial charge in [0, 0.05) is 25.3 Å². The zero-order valence-electron chi connectivity index (χ0n) is 11.2. The van der Waals surface area contributed by atoms with Gasteiger partial charge in [-0.2, -0.15) is 0 Å². The molecule has 1 saturated heterocycles. The highest BCUT2D eigenvalue weighted by molar-refractivity contribution is 7.90. The number of hydrogen-bond donors (Lipinski definition) is 2. The number of benzene rings is 1. The average molecular weight is 284 g/mol. The standard InChI is InChI=1S/C13H20N2O3S/c1-9(16)10-6-7-15(8-10)11-4-3-5-12(13(11)14)19(2,17)18/h3-5,9-10,16H,6-8,14H2,1-2H3. The number of nitrogens with two attached hydrogens (primary N) is 1. The second-order valence-electron chi connectivity index (χ2n) is 5.20. The van der Waals surface area contributed by atoms with Crippen molar-refractivity contribution in [3.05, 3.63) is 18.2 Å². The van der Waals surface area contributed by atoms with Gasteiger partial charge in [-0.1, -0.05) is 6.07 Å². The van der Waals surface area contributed by atoms with Crippen LogP contribution in [-0.4, -0.2) is 39.0 Å². The van der Waals surface area contributed by atoms with Crippen molar-refractivity contribution in [2.45, 2.75) is 24.3 Å². The summed E-state index contributed by atoms with van der Waals surface area (Å²) in [7, 11) is -3.32. The lowest BCUT2D eigenvalue weighted by Crippen LogP contribution is -2.25. The van der Waals surface area contributed by atoms with Crippen molar-refractivity contribution in [1.29, 1.82) is 0 Å². The lowest BCUT2D eigenvalue weighted by molar-refractivity contribution is 0.136. The van der Waals surface area contributed by atoms with Crippen molar-refractivity contribution in [3.63, 3.8) is 0 Å². The number of rotatable bonds is 3. The first kappa shape index (κ1) is 14.1. The van der Waals surface area contributed by atoms with E-state index in [1.54, 1.807) is 13.0 Å². The van der Waals surface area contributed by atoms with Gasteiger partial charge in [0.2, 0.25) is 0 Å².